The summed E-state index contributed by atoms with van der Waals surface area (Å²) in [5.41, 5.74) is 0. The van der Waals surface area contributed by atoms with Gasteiger partial charge >= 0.3 is 6.09 Å². The van der Waals surface area contributed by atoms with E-state index in [1.54, 1.807) is 11.9 Å². The fraction of sp³-hybridized carbons (Fsp3) is 0.625. The predicted molar refractivity (Wildman–Crippen MR) is 49.1 cm³/mol. The number of alkyl carbamates (subject to hydrolysis) is 1. The van der Waals surface area contributed by atoms with E-state index in [-0.39, 0.29) is 11.8 Å². The SMILES string of the molecule is CC(=N)OC(=O)NC1CCN(C)C1=O. The van der Waals surface area contributed by atoms with E-state index in [0.717, 1.165) is 0 Å². The molecule has 1 saturated heterocycles. The number of likely N-dealkylation sites (N-methyl/N-ethyl adjacent to an activating group) is 1. The van der Waals surface area contributed by atoms with Crippen LogP contribution < -0.4 is 5.32 Å². The Balaban J connectivity index is 2.42. The van der Waals surface area contributed by atoms with Crippen molar-refractivity contribution in [2.24, 2.45) is 0 Å². The van der Waals surface area contributed by atoms with E-state index < -0.39 is 12.1 Å². The van der Waals surface area contributed by atoms with E-state index in [0.29, 0.717) is 13.0 Å². The molecule has 0 radical (unpaired) electrons. The fourth-order valence-electron chi connectivity index (χ4n) is 1.27. The second-order valence-corrected chi connectivity index (χ2v) is 3.19. The number of rotatable bonds is 1. The molecule has 0 spiro atoms. The maximum absolute atomic E-state index is 11.3. The Morgan fingerprint density at radius 1 is 1.71 bits per heavy atom. The lowest BCUT2D eigenvalue weighted by Crippen LogP contribution is -2.41. The summed E-state index contributed by atoms with van der Waals surface area (Å²) < 4.78 is 4.46. The zero-order valence-corrected chi connectivity index (χ0v) is 8.16. The normalized spacial score (nSPS) is 20.9. The monoisotopic (exact) mass is 199 g/mol. The van der Waals surface area contributed by atoms with Crippen LogP contribution in [-0.4, -0.2) is 42.4 Å². The Bertz CT molecular complexity index is 277. The number of amides is 2. The second kappa shape index (κ2) is 4.08. The van der Waals surface area contributed by atoms with Crippen molar-refractivity contribution >= 4 is 17.9 Å². The smallest absolute Gasteiger partial charge is 0.396 e. The van der Waals surface area contributed by atoms with Crippen molar-refractivity contribution in [2.75, 3.05) is 13.6 Å². The molecule has 0 aromatic carbocycles. The van der Waals surface area contributed by atoms with E-state index in [2.05, 4.69) is 10.1 Å². The first-order valence-electron chi connectivity index (χ1n) is 4.29. The molecule has 0 bridgehead atoms. The maximum Gasteiger partial charge on any atom is 0.414 e. The number of ether oxygens (including phenoxy) is 1. The van der Waals surface area contributed by atoms with Crippen LogP contribution in [0, 0.1) is 5.41 Å². The van der Waals surface area contributed by atoms with Gasteiger partial charge in [0.2, 0.25) is 5.91 Å². The number of carbonyl (C=O) groups excluding carboxylic acids is 2. The fourth-order valence-corrected chi connectivity index (χ4v) is 1.27. The van der Waals surface area contributed by atoms with Gasteiger partial charge in [-0.2, -0.15) is 0 Å². The number of likely N-dealkylation sites (tertiary alicyclic amines) is 1. The molecular weight excluding hydrogens is 186 g/mol. The van der Waals surface area contributed by atoms with Gasteiger partial charge in [0.15, 0.2) is 5.90 Å². The molecule has 2 amide bonds. The molecule has 1 aliphatic rings. The van der Waals surface area contributed by atoms with Gasteiger partial charge in [-0.15, -0.1) is 0 Å². The number of hydrogen-bond donors (Lipinski definition) is 2. The Hall–Kier alpha value is -1.59. The minimum atomic E-state index is -0.744. The summed E-state index contributed by atoms with van der Waals surface area (Å²) >= 11 is 0. The quantitative estimate of drug-likeness (QED) is 0.458. The highest BCUT2D eigenvalue weighted by molar-refractivity contribution is 5.90. The average Bonchev–Trinajstić information content (AvgIpc) is 2.34. The van der Waals surface area contributed by atoms with Crippen molar-refractivity contribution in [1.29, 1.82) is 5.41 Å². The molecule has 0 aliphatic carbocycles. The highest BCUT2D eigenvalue weighted by Gasteiger charge is 2.30. The van der Waals surface area contributed by atoms with Crippen molar-refractivity contribution in [1.82, 2.24) is 10.2 Å². The van der Waals surface area contributed by atoms with Gasteiger partial charge in [-0.05, 0) is 6.42 Å². The van der Waals surface area contributed by atoms with Crippen LogP contribution in [0.1, 0.15) is 13.3 Å². The van der Waals surface area contributed by atoms with Crippen molar-refractivity contribution in [3.8, 4) is 0 Å². The predicted octanol–water partition coefficient (Wildman–Crippen LogP) is -0.0595. The van der Waals surface area contributed by atoms with E-state index in [4.69, 9.17) is 5.41 Å². The summed E-state index contributed by atoms with van der Waals surface area (Å²) in [4.78, 5) is 23.9. The minimum Gasteiger partial charge on any atom is -0.396 e. The van der Waals surface area contributed by atoms with E-state index in [9.17, 15) is 9.59 Å². The number of carbonyl (C=O) groups is 2. The van der Waals surface area contributed by atoms with Crippen molar-refractivity contribution < 1.29 is 14.3 Å². The molecule has 0 aromatic heterocycles. The third-order valence-corrected chi connectivity index (χ3v) is 1.97. The van der Waals surface area contributed by atoms with Crippen LogP contribution in [0.4, 0.5) is 4.79 Å². The highest BCUT2D eigenvalue weighted by Crippen LogP contribution is 2.08. The molecule has 78 valence electrons. The summed E-state index contributed by atoms with van der Waals surface area (Å²) in [5, 5.41) is 9.31. The lowest BCUT2D eigenvalue weighted by Gasteiger charge is -2.11. The molecule has 2 N–H and O–H groups in total. The first-order chi connectivity index (χ1) is 6.50. The van der Waals surface area contributed by atoms with Crippen molar-refractivity contribution in [2.45, 2.75) is 19.4 Å². The van der Waals surface area contributed by atoms with Crippen molar-refractivity contribution in [3.05, 3.63) is 0 Å². The molecule has 1 heterocycles. The van der Waals surface area contributed by atoms with E-state index in [1.165, 1.54) is 6.92 Å². The Labute approximate surface area is 81.7 Å². The van der Waals surface area contributed by atoms with Gasteiger partial charge in [0.05, 0.1) is 0 Å². The number of nitrogens with one attached hydrogen (secondary N) is 2. The van der Waals surface area contributed by atoms with Gasteiger partial charge in [0, 0.05) is 20.5 Å². The van der Waals surface area contributed by atoms with Crippen molar-refractivity contribution in [3.63, 3.8) is 0 Å². The van der Waals surface area contributed by atoms with Gasteiger partial charge in [-0.1, -0.05) is 0 Å². The second-order valence-electron chi connectivity index (χ2n) is 3.19. The zero-order valence-electron chi connectivity index (χ0n) is 8.16. The summed E-state index contributed by atoms with van der Waals surface area (Å²) in [6, 6.07) is -0.508. The standard InChI is InChI=1S/C8H13N3O3/c1-5(9)14-8(13)10-6-3-4-11(2)7(6)12/h6,9H,3-4H2,1-2H3,(H,10,13). The minimum absolute atomic E-state index is 0.121. The molecule has 1 aliphatic heterocycles. The lowest BCUT2D eigenvalue weighted by atomic mass is 10.2. The lowest BCUT2D eigenvalue weighted by molar-refractivity contribution is -0.128. The molecule has 6 heteroatoms. The third-order valence-electron chi connectivity index (χ3n) is 1.97. The molecule has 1 unspecified atom stereocenters. The number of hydrogen-bond acceptors (Lipinski definition) is 4. The zero-order chi connectivity index (χ0) is 10.7. The third kappa shape index (κ3) is 2.45. The first-order valence-corrected chi connectivity index (χ1v) is 4.29. The van der Waals surface area contributed by atoms with Gasteiger partial charge < -0.3 is 15.0 Å². The van der Waals surface area contributed by atoms with Gasteiger partial charge in [-0.3, -0.25) is 10.2 Å². The molecule has 1 atom stereocenters. The number of nitrogens with zero attached hydrogens (tertiary/aromatic N) is 1. The Kier molecular flexibility index (Phi) is 3.06. The van der Waals surface area contributed by atoms with E-state index in [1.807, 2.05) is 0 Å². The highest BCUT2D eigenvalue weighted by atomic mass is 16.6. The molecule has 1 fully saturated rings. The van der Waals surface area contributed by atoms with Crippen LogP contribution in [0.2, 0.25) is 0 Å². The van der Waals surface area contributed by atoms with Crippen LogP contribution >= 0.6 is 0 Å². The van der Waals surface area contributed by atoms with Crippen LogP contribution in [0.5, 0.6) is 0 Å². The Morgan fingerprint density at radius 3 is 2.79 bits per heavy atom. The maximum atomic E-state index is 11.3. The van der Waals surface area contributed by atoms with Crippen LogP contribution in [0.3, 0.4) is 0 Å². The van der Waals surface area contributed by atoms with Gasteiger partial charge in [0.1, 0.15) is 6.04 Å². The molecule has 14 heavy (non-hydrogen) atoms. The first kappa shape index (κ1) is 10.5. The Morgan fingerprint density at radius 2 is 2.36 bits per heavy atom. The van der Waals surface area contributed by atoms with Crippen LogP contribution in [0.25, 0.3) is 0 Å². The van der Waals surface area contributed by atoms with E-state index >= 15 is 0 Å². The summed E-state index contributed by atoms with van der Waals surface area (Å²) in [7, 11) is 1.68. The van der Waals surface area contributed by atoms with Crippen LogP contribution in [0.15, 0.2) is 0 Å². The molecule has 0 saturated carbocycles. The molecule has 1 rings (SSSR count). The molecule has 6 nitrogen and oxygen atoms in total. The summed E-state index contributed by atoms with van der Waals surface area (Å²) in [6.45, 7) is 1.98. The topological polar surface area (TPSA) is 82.5 Å². The van der Waals surface area contributed by atoms with Gasteiger partial charge in [-0.25, -0.2) is 4.79 Å². The molecule has 0 aromatic rings. The molecular formula is C8H13N3O3. The summed E-state index contributed by atoms with van der Waals surface area (Å²) in [5.74, 6) is -0.314. The largest absolute Gasteiger partial charge is 0.414 e. The average molecular weight is 199 g/mol. The van der Waals surface area contributed by atoms with Crippen LogP contribution in [-0.2, 0) is 9.53 Å². The summed E-state index contributed by atoms with van der Waals surface area (Å²) in [6.07, 6.45) is -0.160. The van der Waals surface area contributed by atoms with Gasteiger partial charge in [0.25, 0.3) is 0 Å².